The van der Waals surface area contributed by atoms with Crippen LogP contribution in [0.4, 0.5) is 11.4 Å². The van der Waals surface area contributed by atoms with E-state index in [1.54, 1.807) is 37.4 Å². The first-order valence-electron chi connectivity index (χ1n) is 8.83. The molecule has 138 valence electrons. The standard InChI is InChI=1S/C21H20N2O4/c1-27-13-10-8-12(9-11-13)22-20(24)17-7-3-5-15-14-4-2-6-16(14)19(21(25)26)23-18(15)17/h2-5,7-11,14,16,19,23H,6H2,1H3,(H,22,24)(H,25,26). The summed E-state index contributed by atoms with van der Waals surface area (Å²) in [5, 5.41) is 15.6. The zero-order chi connectivity index (χ0) is 19.0. The molecule has 3 N–H and O–H groups in total. The Balaban J connectivity index is 1.66. The van der Waals surface area contributed by atoms with Gasteiger partial charge in [-0.1, -0.05) is 24.3 Å². The number of methoxy groups -OCH3 is 1. The topological polar surface area (TPSA) is 87.7 Å². The van der Waals surface area contributed by atoms with Gasteiger partial charge in [-0.2, -0.15) is 0 Å². The molecule has 2 aliphatic rings. The van der Waals surface area contributed by atoms with Crippen molar-refractivity contribution in [3.63, 3.8) is 0 Å². The normalized spacial score (nSPS) is 22.3. The van der Waals surface area contributed by atoms with Crippen LogP contribution in [0.2, 0.25) is 0 Å². The number of rotatable bonds is 4. The molecule has 0 aromatic heterocycles. The molecule has 2 aromatic rings. The first-order valence-corrected chi connectivity index (χ1v) is 8.83. The van der Waals surface area contributed by atoms with Gasteiger partial charge in [-0.3, -0.25) is 4.79 Å². The number of amides is 1. The van der Waals surface area contributed by atoms with E-state index in [9.17, 15) is 14.7 Å². The van der Waals surface area contributed by atoms with E-state index in [0.29, 0.717) is 22.7 Å². The maximum absolute atomic E-state index is 12.9. The van der Waals surface area contributed by atoms with E-state index in [4.69, 9.17) is 4.74 Å². The Kier molecular flexibility index (Phi) is 4.32. The molecule has 2 aromatic carbocycles. The summed E-state index contributed by atoms with van der Waals surface area (Å²) in [6.45, 7) is 0. The number of carbonyl (C=O) groups is 2. The predicted molar refractivity (Wildman–Crippen MR) is 102 cm³/mol. The highest BCUT2D eigenvalue weighted by Gasteiger charge is 2.41. The van der Waals surface area contributed by atoms with Crippen molar-refractivity contribution in [1.29, 1.82) is 0 Å². The molecule has 3 unspecified atom stereocenters. The molecule has 6 heteroatoms. The van der Waals surface area contributed by atoms with Crippen LogP contribution in [0.25, 0.3) is 0 Å². The van der Waals surface area contributed by atoms with Crippen LogP contribution in [0.15, 0.2) is 54.6 Å². The molecule has 4 rings (SSSR count). The quantitative estimate of drug-likeness (QED) is 0.723. The number of carbonyl (C=O) groups excluding carboxylic acids is 1. The van der Waals surface area contributed by atoms with E-state index in [-0.39, 0.29) is 17.7 Å². The molecule has 0 radical (unpaired) electrons. The van der Waals surface area contributed by atoms with Crippen LogP contribution in [0.3, 0.4) is 0 Å². The maximum atomic E-state index is 12.9. The van der Waals surface area contributed by atoms with Crippen molar-refractivity contribution in [1.82, 2.24) is 0 Å². The molecule has 0 bridgehead atoms. The van der Waals surface area contributed by atoms with E-state index < -0.39 is 12.0 Å². The lowest BCUT2D eigenvalue weighted by Crippen LogP contribution is -2.42. The zero-order valence-corrected chi connectivity index (χ0v) is 14.8. The van der Waals surface area contributed by atoms with Crippen molar-refractivity contribution < 1.29 is 19.4 Å². The fourth-order valence-electron chi connectivity index (χ4n) is 3.93. The molecular formula is C21H20N2O4. The van der Waals surface area contributed by atoms with Gasteiger partial charge in [0.2, 0.25) is 0 Å². The molecular weight excluding hydrogens is 344 g/mol. The van der Waals surface area contributed by atoms with E-state index in [1.165, 1.54) is 0 Å². The van der Waals surface area contributed by atoms with Gasteiger partial charge in [0, 0.05) is 17.5 Å². The van der Waals surface area contributed by atoms with Crippen LogP contribution in [0, 0.1) is 5.92 Å². The van der Waals surface area contributed by atoms with Crippen LogP contribution in [-0.2, 0) is 4.79 Å². The summed E-state index contributed by atoms with van der Waals surface area (Å²) in [7, 11) is 1.58. The van der Waals surface area contributed by atoms with Gasteiger partial charge in [0.15, 0.2) is 0 Å². The Morgan fingerprint density at radius 2 is 1.96 bits per heavy atom. The molecule has 0 fully saturated rings. The lowest BCUT2D eigenvalue weighted by atomic mass is 9.78. The highest BCUT2D eigenvalue weighted by atomic mass is 16.5. The van der Waals surface area contributed by atoms with Crippen molar-refractivity contribution in [2.45, 2.75) is 18.4 Å². The third-order valence-electron chi connectivity index (χ3n) is 5.26. The Hall–Kier alpha value is -3.28. The second-order valence-electron chi connectivity index (χ2n) is 6.77. The number of hydrogen-bond donors (Lipinski definition) is 3. The third-order valence-corrected chi connectivity index (χ3v) is 5.26. The lowest BCUT2D eigenvalue weighted by Gasteiger charge is -2.35. The van der Waals surface area contributed by atoms with Crippen LogP contribution in [-0.4, -0.2) is 30.1 Å². The molecule has 0 saturated heterocycles. The number of carboxylic acids is 1. The van der Waals surface area contributed by atoms with Crippen LogP contribution >= 0.6 is 0 Å². The number of hydrogen-bond acceptors (Lipinski definition) is 4. The number of benzene rings is 2. The summed E-state index contributed by atoms with van der Waals surface area (Å²) < 4.78 is 5.12. The van der Waals surface area contributed by atoms with E-state index in [1.807, 2.05) is 24.3 Å². The van der Waals surface area contributed by atoms with Crippen molar-refractivity contribution >= 4 is 23.3 Å². The summed E-state index contributed by atoms with van der Waals surface area (Å²) in [6, 6.07) is 11.8. The van der Waals surface area contributed by atoms with Gasteiger partial charge in [0.25, 0.3) is 5.91 Å². The van der Waals surface area contributed by atoms with Gasteiger partial charge < -0.3 is 20.5 Å². The average molecular weight is 364 g/mol. The summed E-state index contributed by atoms with van der Waals surface area (Å²) in [5.74, 6) is -0.500. The van der Waals surface area contributed by atoms with Crippen molar-refractivity contribution in [3.8, 4) is 5.75 Å². The molecule has 1 aliphatic heterocycles. The Labute approximate surface area is 156 Å². The fourth-order valence-corrected chi connectivity index (χ4v) is 3.93. The fraction of sp³-hybridized carbons (Fsp3) is 0.238. The maximum Gasteiger partial charge on any atom is 0.326 e. The molecule has 1 aliphatic carbocycles. The van der Waals surface area contributed by atoms with Crippen LogP contribution in [0.1, 0.15) is 28.3 Å². The van der Waals surface area contributed by atoms with Gasteiger partial charge in [-0.15, -0.1) is 0 Å². The van der Waals surface area contributed by atoms with Gasteiger partial charge in [0.1, 0.15) is 11.8 Å². The second-order valence-corrected chi connectivity index (χ2v) is 6.77. The monoisotopic (exact) mass is 364 g/mol. The van der Waals surface area contributed by atoms with E-state index >= 15 is 0 Å². The predicted octanol–water partition coefficient (Wildman–Crippen LogP) is 3.49. The largest absolute Gasteiger partial charge is 0.497 e. The number of allylic oxidation sites excluding steroid dienone is 2. The molecule has 27 heavy (non-hydrogen) atoms. The summed E-state index contributed by atoms with van der Waals surface area (Å²) in [5.41, 5.74) is 2.65. The smallest absolute Gasteiger partial charge is 0.326 e. The first-order chi connectivity index (χ1) is 13.1. The number of para-hydroxylation sites is 1. The average Bonchev–Trinajstić information content (AvgIpc) is 3.17. The molecule has 1 heterocycles. The number of ether oxygens (including phenoxy) is 1. The minimum absolute atomic E-state index is 0.0103. The molecule has 1 amide bonds. The van der Waals surface area contributed by atoms with Crippen molar-refractivity contribution in [2.75, 3.05) is 17.7 Å². The van der Waals surface area contributed by atoms with Gasteiger partial charge in [-0.25, -0.2) is 4.79 Å². The molecule has 6 nitrogen and oxygen atoms in total. The number of anilines is 2. The third kappa shape index (κ3) is 3.03. The number of carboxylic acid groups (broad SMARTS) is 1. The van der Waals surface area contributed by atoms with E-state index in [0.717, 1.165) is 12.0 Å². The lowest BCUT2D eigenvalue weighted by molar-refractivity contribution is -0.139. The zero-order valence-electron chi connectivity index (χ0n) is 14.8. The first kappa shape index (κ1) is 17.1. The second kappa shape index (κ2) is 6.79. The summed E-state index contributed by atoms with van der Waals surface area (Å²) in [6.07, 6.45) is 4.79. The van der Waals surface area contributed by atoms with Crippen LogP contribution in [0.5, 0.6) is 5.75 Å². The number of aliphatic carboxylic acids is 1. The summed E-state index contributed by atoms with van der Waals surface area (Å²) >= 11 is 0. The Morgan fingerprint density at radius 3 is 2.67 bits per heavy atom. The molecule has 0 spiro atoms. The van der Waals surface area contributed by atoms with Crippen molar-refractivity contribution in [3.05, 3.63) is 65.7 Å². The van der Waals surface area contributed by atoms with Crippen molar-refractivity contribution in [2.24, 2.45) is 5.92 Å². The Morgan fingerprint density at radius 1 is 1.19 bits per heavy atom. The molecule has 0 saturated carbocycles. The van der Waals surface area contributed by atoms with Gasteiger partial charge >= 0.3 is 5.97 Å². The minimum atomic E-state index is -0.898. The number of fused-ring (bicyclic) bond motifs is 3. The van der Waals surface area contributed by atoms with Crippen LogP contribution < -0.4 is 15.4 Å². The summed E-state index contributed by atoms with van der Waals surface area (Å²) in [4.78, 5) is 24.6. The SMILES string of the molecule is COc1ccc(NC(=O)c2cccc3c2NC(C(=O)O)C2CC=CC32)cc1. The van der Waals surface area contributed by atoms with Gasteiger partial charge in [0.05, 0.1) is 18.4 Å². The highest BCUT2D eigenvalue weighted by Crippen LogP contribution is 2.45. The van der Waals surface area contributed by atoms with Gasteiger partial charge in [-0.05, 0) is 42.3 Å². The highest BCUT2D eigenvalue weighted by molar-refractivity contribution is 6.09. The molecule has 3 atom stereocenters. The minimum Gasteiger partial charge on any atom is -0.497 e. The Bertz CT molecular complexity index is 920. The van der Waals surface area contributed by atoms with E-state index in [2.05, 4.69) is 10.6 Å². The number of nitrogens with one attached hydrogen (secondary N) is 2.